The first-order valence-electron chi connectivity index (χ1n) is 8.55. The molecule has 3 N–H and O–H groups in total. The van der Waals surface area contributed by atoms with Crippen LogP contribution in [0.4, 0.5) is 11.5 Å². The summed E-state index contributed by atoms with van der Waals surface area (Å²) in [5, 5.41) is 12.0. The number of para-hydroxylation sites is 1. The first-order chi connectivity index (χ1) is 12.2. The smallest absolute Gasteiger partial charge is 0.282 e. The first kappa shape index (κ1) is 16.9. The summed E-state index contributed by atoms with van der Waals surface area (Å²) < 4.78 is 0. The second-order valence-corrected chi connectivity index (χ2v) is 6.26. The third-order valence-corrected chi connectivity index (χ3v) is 4.75. The van der Waals surface area contributed by atoms with E-state index in [4.69, 9.17) is 5.26 Å². The summed E-state index contributed by atoms with van der Waals surface area (Å²) in [5.41, 5.74) is 1.07. The highest BCUT2D eigenvalue weighted by molar-refractivity contribution is 5.94. The average Bonchev–Trinajstić information content (AvgIpc) is 2.68. The molecule has 0 saturated carbocycles. The van der Waals surface area contributed by atoms with Crippen molar-refractivity contribution in [3.63, 3.8) is 0 Å². The quantitative estimate of drug-likeness (QED) is 0.831. The highest BCUT2D eigenvalue weighted by Gasteiger charge is 2.32. The van der Waals surface area contributed by atoms with Crippen LogP contribution in [-0.2, 0) is 4.79 Å². The summed E-state index contributed by atoms with van der Waals surface area (Å²) in [6.45, 7) is 5.56. The highest BCUT2D eigenvalue weighted by atomic mass is 16.2. The molecule has 2 heterocycles. The van der Waals surface area contributed by atoms with Crippen LogP contribution in [0.15, 0.2) is 48.7 Å². The molecule has 2 aromatic rings. The van der Waals surface area contributed by atoms with Gasteiger partial charge in [-0.05, 0) is 25.1 Å². The van der Waals surface area contributed by atoms with Crippen molar-refractivity contribution in [2.45, 2.75) is 13.0 Å². The lowest BCUT2D eigenvalue weighted by Gasteiger charge is -2.31. The number of aromatic amines is 1. The molecule has 6 heteroatoms. The minimum atomic E-state index is -0.159. The van der Waals surface area contributed by atoms with Crippen molar-refractivity contribution >= 4 is 17.4 Å². The lowest BCUT2D eigenvalue weighted by atomic mass is 10.1. The van der Waals surface area contributed by atoms with Crippen LogP contribution < -0.4 is 20.1 Å². The fourth-order valence-electron chi connectivity index (χ4n) is 3.16. The Morgan fingerprint density at radius 3 is 2.64 bits per heavy atom. The molecule has 1 saturated heterocycles. The summed E-state index contributed by atoms with van der Waals surface area (Å²) >= 11 is 0. The van der Waals surface area contributed by atoms with Gasteiger partial charge in [0.05, 0.1) is 17.4 Å². The van der Waals surface area contributed by atoms with E-state index in [2.05, 4.69) is 27.3 Å². The summed E-state index contributed by atoms with van der Waals surface area (Å²) in [7, 11) is 0. The number of benzene rings is 1. The van der Waals surface area contributed by atoms with Crippen molar-refractivity contribution in [3.8, 4) is 6.07 Å². The van der Waals surface area contributed by atoms with E-state index in [0.29, 0.717) is 11.3 Å². The van der Waals surface area contributed by atoms with Crippen molar-refractivity contribution in [3.05, 3.63) is 54.2 Å². The van der Waals surface area contributed by atoms with E-state index in [0.717, 1.165) is 32.0 Å². The number of rotatable bonds is 4. The Morgan fingerprint density at radius 1 is 1.24 bits per heavy atom. The maximum Gasteiger partial charge on any atom is 0.282 e. The monoisotopic (exact) mass is 337 g/mol. The standard InChI is InChI=1S/C19H21N5O/c1-15(19(25)22-17-7-3-2-6-16(17)14-20)23-10-12-24(13-11-23)18-8-4-5-9-21-18/h2-9,15H,10-13H2,1H3,(H,22,25)/p+2/t15-/m1/s1. The molecule has 128 valence electrons. The van der Waals surface area contributed by atoms with Gasteiger partial charge in [0.1, 0.15) is 32.2 Å². The number of H-pyrrole nitrogens is 1. The van der Waals surface area contributed by atoms with Crippen LogP contribution in [0, 0.1) is 11.3 Å². The van der Waals surface area contributed by atoms with E-state index in [1.165, 1.54) is 4.90 Å². The number of amides is 1. The molecular formula is C19H23N5O+2. The average molecular weight is 337 g/mol. The topological polar surface area (TPSA) is 74.7 Å². The Labute approximate surface area is 147 Å². The van der Waals surface area contributed by atoms with Gasteiger partial charge in [-0.2, -0.15) is 5.26 Å². The van der Waals surface area contributed by atoms with Gasteiger partial charge in [-0.1, -0.05) is 18.2 Å². The zero-order valence-electron chi connectivity index (χ0n) is 14.3. The first-order valence-corrected chi connectivity index (χ1v) is 8.55. The molecule has 3 rings (SSSR count). The summed E-state index contributed by atoms with van der Waals surface area (Å²) in [6, 6.07) is 15.1. The number of anilines is 2. The van der Waals surface area contributed by atoms with Gasteiger partial charge in [0, 0.05) is 6.07 Å². The molecule has 1 amide bonds. The van der Waals surface area contributed by atoms with Crippen molar-refractivity contribution in [2.24, 2.45) is 0 Å². The second-order valence-electron chi connectivity index (χ2n) is 6.26. The lowest BCUT2D eigenvalue weighted by Crippen LogP contribution is -3.19. The fraction of sp³-hybridized carbons (Fsp3) is 0.316. The van der Waals surface area contributed by atoms with Crippen molar-refractivity contribution < 1.29 is 14.7 Å². The number of carbonyl (C=O) groups excluding carboxylic acids is 1. The number of carbonyl (C=O) groups is 1. The molecule has 1 atom stereocenters. The van der Waals surface area contributed by atoms with Crippen molar-refractivity contribution in [1.29, 1.82) is 5.26 Å². The molecule has 0 unspecified atom stereocenters. The Morgan fingerprint density at radius 2 is 1.96 bits per heavy atom. The molecule has 1 aliphatic rings. The molecule has 1 aromatic carbocycles. The molecule has 1 fully saturated rings. The van der Waals surface area contributed by atoms with Crippen LogP contribution in [0.1, 0.15) is 12.5 Å². The van der Waals surface area contributed by atoms with E-state index < -0.39 is 0 Å². The van der Waals surface area contributed by atoms with Crippen LogP contribution in [0.3, 0.4) is 0 Å². The Bertz CT molecular complexity index is 763. The molecule has 25 heavy (non-hydrogen) atoms. The third-order valence-electron chi connectivity index (χ3n) is 4.75. The van der Waals surface area contributed by atoms with E-state index >= 15 is 0 Å². The van der Waals surface area contributed by atoms with E-state index in [1.54, 1.807) is 18.2 Å². The van der Waals surface area contributed by atoms with E-state index in [-0.39, 0.29) is 11.9 Å². The molecule has 1 aliphatic heterocycles. The highest BCUT2D eigenvalue weighted by Crippen LogP contribution is 2.13. The largest absolute Gasteiger partial charge is 0.320 e. The summed E-state index contributed by atoms with van der Waals surface area (Å²) in [4.78, 5) is 19.4. The maximum absolute atomic E-state index is 12.6. The Balaban J connectivity index is 1.58. The predicted octanol–water partition coefficient (Wildman–Crippen LogP) is 0.104. The number of hydrogen-bond acceptors (Lipinski definition) is 3. The molecule has 0 spiro atoms. The number of hydrogen-bond donors (Lipinski definition) is 2. The van der Waals surface area contributed by atoms with Gasteiger partial charge in [0.15, 0.2) is 6.04 Å². The van der Waals surface area contributed by atoms with Gasteiger partial charge < -0.3 is 10.2 Å². The van der Waals surface area contributed by atoms with Crippen molar-refractivity contribution in [2.75, 3.05) is 36.4 Å². The van der Waals surface area contributed by atoms with Gasteiger partial charge in [-0.3, -0.25) is 9.69 Å². The third kappa shape index (κ3) is 3.95. The number of pyridine rings is 1. The minimum Gasteiger partial charge on any atom is -0.320 e. The van der Waals surface area contributed by atoms with Crippen LogP contribution in [-0.4, -0.2) is 38.1 Å². The molecule has 0 aliphatic carbocycles. The van der Waals surface area contributed by atoms with Gasteiger partial charge in [-0.15, -0.1) is 0 Å². The van der Waals surface area contributed by atoms with Crippen LogP contribution in [0.2, 0.25) is 0 Å². The van der Waals surface area contributed by atoms with Gasteiger partial charge in [-0.25, -0.2) is 4.98 Å². The summed E-state index contributed by atoms with van der Waals surface area (Å²) in [5.74, 6) is 1.07. The van der Waals surface area contributed by atoms with Crippen molar-refractivity contribution in [1.82, 2.24) is 0 Å². The Hall–Kier alpha value is -2.91. The Kier molecular flexibility index (Phi) is 5.26. The molecular weight excluding hydrogens is 314 g/mol. The number of nitriles is 1. The van der Waals surface area contributed by atoms with Crippen LogP contribution in [0.25, 0.3) is 0 Å². The zero-order chi connectivity index (χ0) is 17.6. The number of nitrogens with zero attached hydrogens (tertiary/aromatic N) is 2. The second kappa shape index (κ2) is 7.77. The normalized spacial score (nSPS) is 16.1. The van der Waals surface area contributed by atoms with Gasteiger partial charge in [0.2, 0.25) is 0 Å². The lowest BCUT2D eigenvalue weighted by molar-refractivity contribution is -0.914. The van der Waals surface area contributed by atoms with Crippen LogP contribution >= 0.6 is 0 Å². The number of quaternary nitrogens is 1. The zero-order valence-corrected chi connectivity index (χ0v) is 14.3. The molecule has 0 radical (unpaired) electrons. The van der Waals surface area contributed by atoms with Gasteiger partial charge in [0.25, 0.3) is 11.7 Å². The van der Waals surface area contributed by atoms with Gasteiger partial charge >= 0.3 is 0 Å². The van der Waals surface area contributed by atoms with E-state index in [9.17, 15) is 4.79 Å². The molecule has 0 bridgehead atoms. The number of nitrogens with one attached hydrogen (secondary N) is 3. The predicted molar refractivity (Wildman–Crippen MR) is 95.2 cm³/mol. The van der Waals surface area contributed by atoms with Crippen LogP contribution in [0.5, 0.6) is 0 Å². The molecule has 1 aromatic heterocycles. The maximum atomic E-state index is 12.6. The minimum absolute atomic E-state index is 0.0441. The number of piperazine rings is 1. The van der Waals surface area contributed by atoms with E-state index in [1.807, 2.05) is 31.3 Å². The SMILES string of the molecule is C[C@H](C(=O)Nc1ccccc1C#N)[NH+]1CCN(c2cccc[nH+]2)CC1. The molecule has 6 nitrogen and oxygen atoms in total. The summed E-state index contributed by atoms with van der Waals surface area (Å²) in [6.07, 6.45) is 1.93. The number of aromatic nitrogens is 1. The fourth-order valence-corrected chi connectivity index (χ4v) is 3.16.